The first kappa shape index (κ1) is 20.3. The van der Waals surface area contributed by atoms with E-state index >= 15 is 0 Å². The van der Waals surface area contributed by atoms with Crippen LogP contribution in [-0.2, 0) is 0 Å². The topological polar surface area (TPSA) is 0 Å². The van der Waals surface area contributed by atoms with E-state index in [2.05, 4.69) is 59.4 Å². The van der Waals surface area contributed by atoms with Crippen LogP contribution in [0, 0.1) is 17.3 Å². The van der Waals surface area contributed by atoms with Crippen molar-refractivity contribution in [2.45, 2.75) is 92.4 Å². The van der Waals surface area contributed by atoms with Gasteiger partial charge in [0, 0.05) is 0 Å². The molecule has 25 heavy (non-hydrogen) atoms. The predicted molar refractivity (Wildman–Crippen MR) is 113 cm³/mol. The van der Waals surface area contributed by atoms with Crippen LogP contribution in [0.15, 0.2) is 47.1 Å². The molecule has 0 N–H and O–H groups in total. The summed E-state index contributed by atoms with van der Waals surface area (Å²) in [6.45, 7) is 16.0. The maximum absolute atomic E-state index is 4.44. The minimum atomic E-state index is 0.537. The Morgan fingerprint density at radius 3 is 2.68 bits per heavy atom. The zero-order chi connectivity index (χ0) is 18.4. The Labute approximate surface area is 157 Å². The number of rotatable bonds is 6. The van der Waals surface area contributed by atoms with Crippen molar-refractivity contribution in [3.8, 4) is 0 Å². The van der Waals surface area contributed by atoms with Crippen molar-refractivity contribution in [1.82, 2.24) is 0 Å². The lowest BCUT2D eigenvalue weighted by atomic mass is 9.50. The summed E-state index contributed by atoms with van der Waals surface area (Å²) in [6, 6.07) is 0. The molecule has 0 aromatic rings. The van der Waals surface area contributed by atoms with Crippen LogP contribution < -0.4 is 0 Å². The van der Waals surface area contributed by atoms with Gasteiger partial charge in [-0.05, 0) is 103 Å². The second-order valence-electron chi connectivity index (χ2n) is 9.27. The monoisotopic (exact) mass is 340 g/mol. The molecule has 0 heteroatoms. The molecular weight excluding hydrogens is 300 g/mol. The first-order valence-corrected chi connectivity index (χ1v) is 10.4. The van der Waals surface area contributed by atoms with E-state index in [0.717, 1.165) is 11.8 Å². The highest BCUT2D eigenvalue weighted by Gasteiger charge is 2.49. The minimum absolute atomic E-state index is 0.537. The Morgan fingerprint density at radius 1 is 1.20 bits per heavy atom. The molecule has 0 heterocycles. The average molecular weight is 341 g/mol. The van der Waals surface area contributed by atoms with Crippen LogP contribution in [0.4, 0.5) is 0 Å². The molecule has 0 spiro atoms. The number of hydrogen-bond acceptors (Lipinski definition) is 0. The number of allylic oxidation sites excluding steroid dienone is 7. The van der Waals surface area contributed by atoms with Gasteiger partial charge in [-0.3, -0.25) is 0 Å². The summed E-state index contributed by atoms with van der Waals surface area (Å²) in [5, 5.41) is 0. The molecule has 140 valence electrons. The average Bonchev–Trinajstić information content (AvgIpc) is 2.57. The van der Waals surface area contributed by atoms with E-state index in [4.69, 9.17) is 0 Å². The van der Waals surface area contributed by atoms with Gasteiger partial charge in [0.2, 0.25) is 0 Å². The van der Waals surface area contributed by atoms with Gasteiger partial charge in [-0.15, -0.1) is 0 Å². The van der Waals surface area contributed by atoms with Crippen molar-refractivity contribution in [2.24, 2.45) is 17.3 Å². The lowest BCUT2D eigenvalue weighted by molar-refractivity contribution is -0.0204. The van der Waals surface area contributed by atoms with Gasteiger partial charge in [-0.2, -0.15) is 0 Å². The molecule has 2 rings (SSSR count). The zero-order valence-electron chi connectivity index (χ0n) is 17.5. The largest absolute Gasteiger partial charge is 0.0996 e. The molecule has 0 aliphatic heterocycles. The smallest absolute Gasteiger partial charge is 0.0167 e. The van der Waals surface area contributed by atoms with Crippen molar-refractivity contribution in [3.63, 3.8) is 0 Å². The molecule has 2 aliphatic carbocycles. The minimum Gasteiger partial charge on any atom is -0.0996 e. The molecular formula is C25H40. The second kappa shape index (κ2) is 9.06. The van der Waals surface area contributed by atoms with Crippen molar-refractivity contribution in [3.05, 3.63) is 47.1 Å². The second-order valence-corrected chi connectivity index (χ2v) is 9.27. The molecule has 3 atom stereocenters. The lowest BCUT2D eigenvalue weighted by Gasteiger charge is -2.55. The highest BCUT2D eigenvalue weighted by Crippen LogP contribution is 2.59. The van der Waals surface area contributed by atoms with Crippen LogP contribution in [0.5, 0.6) is 0 Å². The van der Waals surface area contributed by atoms with Crippen LogP contribution in [0.25, 0.3) is 0 Å². The quantitative estimate of drug-likeness (QED) is 0.428. The van der Waals surface area contributed by atoms with Crippen LogP contribution >= 0.6 is 0 Å². The SMILES string of the molecule is C=C1CCC=C(C)CCC2C1CC2(C)CCC=C(C)CCC=C(C)C. The van der Waals surface area contributed by atoms with E-state index in [1.165, 1.54) is 68.9 Å². The Morgan fingerprint density at radius 2 is 1.96 bits per heavy atom. The van der Waals surface area contributed by atoms with E-state index in [9.17, 15) is 0 Å². The first-order valence-electron chi connectivity index (χ1n) is 10.4. The van der Waals surface area contributed by atoms with E-state index < -0.39 is 0 Å². The van der Waals surface area contributed by atoms with E-state index in [0.29, 0.717) is 5.41 Å². The zero-order valence-corrected chi connectivity index (χ0v) is 17.5. The summed E-state index contributed by atoms with van der Waals surface area (Å²) in [5.74, 6) is 1.66. The fraction of sp³-hybridized carbons (Fsp3) is 0.680. The van der Waals surface area contributed by atoms with Crippen LogP contribution in [0.2, 0.25) is 0 Å². The van der Waals surface area contributed by atoms with Gasteiger partial charge >= 0.3 is 0 Å². The summed E-state index contributed by atoms with van der Waals surface area (Å²) in [5.41, 5.74) is 6.66. The number of fused-ring (bicyclic) bond motifs is 1. The Hall–Kier alpha value is -1.04. The third-order valence-electron chi connectivity index (χ3n) is 6.70. The summed E-state index contributed by atoms with van der Waals surface area (Å²) in [6.07, 6.45) is 18.8. The molecule has 0 radical (unpaired) electrons. The van der Waals surface area contributed by atoms with E-state index in [1.54, 1.807) is 11.1 Å². The lowest BCUT2D eigenvalue weighted by Crippen LogP contribution is -2.46. The van der Waals surface area contributed by atoms with Gasteiger partial charge in [-0.1, -0.05) is 54.0 Å². The van der Waals surface area contributed by atoms with Crippen LogP contribution in [-0.4, -0.2) is 0 Å². The molecule has 0 bridgehead atoms. The van der Waals surface area contributed by atoms with Crippen molar-refractivity contribution >= 4 is 0 Å². The molecule has 0 aromatic carbocycles. The van der Waals surface area contributed by atoms with E-state index in [-0.39, 0.29) is 0 Å². The fourth-order valence-corrected chi connectivity index (χ4v) is 4.90. The summed E-state index contributed by atoms with van der Waals surface area (Å²) in [7, 11) is 0. The Bertz CT molecular complexity index is 553. The highest BCUT2D eigenvalue weighted by molar-refractivity contribution is 5.17. The Balaban J connectivity index is 1.88. The van der Waals surface area contributed by atoms with Gasteiger partial charge < -0.3 is 0 Å². The maximum atomic E-state index is 4.44. The molecule has 1 saturated carbocycles. The number of hydrogen-bond donors (Lipinski definition) is 0. The van der Waals surface area contributed by atoms with Gasteiger partial charge in [-0.25, -0.2) is 0 Å². The summed E-state index contributed by atoms with van der Waals surface area (Å²) in [4.78, 5) is 0. The summed E-state index contributed by atoms with van der Waals surface area (Å²) >= 11 is 0. The standard InChI is InChI=1S/C25H40/c1-19(2)10-7-11-20(3)13-9-17-25(6)18-23-22(5)14-8-12-21(4)15-16-24(23)25/h10,12-13,23-24H,5,7-9,11,14-18H2,1-4,6H3. The van der Waals surface area contributed by atoms with Gasteiger partial charge in [0.1, 0.15) is 0 Å². The molecule has 0 aromatic heterocycles. The van der Waals surface area contributed by atoms with Crippen LogP contribution in [0.3, 0.4) is 0 Å². The highest BCUT2D eigenvalue weighted by atomic mass is 14.5. The maximum Gasteiger partial charge on any atom is -0.0167 e. The molecule has 2 aliphatic rings. The van der Waals surface area contributed by atoms with Crippen LogP contribution in [0.1, 0.15) is 92.4 Å². The molecule has 0 saturated heterocycles. The predicted octanol–water partition coefficient (Wildman–Crippen LogP) is 8.18. The van der Waals surface area contributed by atoms with Gasteiger partial charge in [0.05, 0.1) is 0 Å². The van der Waals surface area contributed by atoms with Crippen molar-refractivity contribution in [2.75, 3.05) is 0 Å². The molecule has 1 fully saturated rings. The third-order valence-corrected chi connectivity index (χ3v) is 6.70. The molecule has 0 nitrogen and oxygen atoms in total. The van der Waals surface area contributed by atoms with Gasteiger partial charge in [0.25, 0.3) is 0 Å². The normalized spacial score (nSPS) is 30.4. The van der Waals surface area contributed by atoms with E-state index in [1.807, 2.05) is 0 Å². The Kier molecular flexibility index (Phi) is 7.35. The first-order chi connectivity index (χ1) is 11.8. The van der Waals surface area contributed by atoms with Crippen molar-refractivity contribution in [1.29, 1.82) is 0 Å². The van der Waals surface area contributed by atoms with Crippen molar-refractivity contribution < 1.29 is 0 Å². The summed E-state index contributed by atoms with van der Waals surface area (Å²) < 4.78 is 0. The third kappa shape index (κ3) is 5.73. The molecule has 0 amide bonds. The molecule has 3 unspecified atom stereocenters. The van der Waals surface area contributed by atoms with Gasteiger partial charge in [0.15, 0.2) is 0 Å². The fourth-order valence-electron chi connectivity index (χ4n) is 4.90.